The molecule has 0 radical (unpaired) electrons. The topological polar surface area (TPSA) is 107 Å². The molecule has 2 N–H and O–H groups in total. The molecule has 0 saturated carbocycles. The number of Topliss-reactive ketones (excluding diaryl/α,β-unsaturated/α-hetero) is 1. The summed E-state index contributed by atoms with van der Waals surface area (Å²) in [5.74, 6) is -2.74. The van der Waals surface area contributed by atoms with Crippen LogP contribution in [0.1, 0.15) is 46.2 Å². The number of hydrogen-bond acceptors (Lipinski definition) is 6. The van der Waals surface area contributed by atoms with Crippen LogP contribution in [0.25, 0.3) is 0 Å². The number of pyridine rings is 1. The summed E-state index contributed by atoms with van der Waals surface area (Å²) in [5, 5.41) is 13.0. The highest BCUT2D eigenvalue weighted by Crippen LogP contribution is 2.40. The molecule has 8 nitrogen and oxygen atoms in total. The van der Waals surface area contributed by atoms with Gasteiger partial charge < -0.3 is 24.5 Å². The summed E-state index contributed by atoms with van der Waals surface area (Å²) in [5.41, 5.74) is -2.35. The molecule has 0 saturated heterocycles. The largest absolute Gasteiger partial charge is 0.503 e. The Morgan fingerprint density at radius 2 is 2.09 bits per heavy atom. The summed E-state index contributed by atoms with van der Waals surface area (Å²) in [4.78, 5) is 38.8. The Labute approximate surface area is 195 Å². The summed E-state index contributed by atoms with van der Waals surface area (Å²) in [7, 11) is 3.04. The Balaban J connectivity index is 1.92. The maximum atomic E-state index is 14.1. The monoisotopic (exact) mass is 480 g/mol. The summed E-state index contributed by atoms with van der Waals surface area (Å²) in [6.07, 6.45) is 1.69. The van der Waals surface area contributed by atoms with E-state index in [-0.39, 0.29) is 34.9 Å². The lowest BCUT2D eigenvalue weighted by atomic mass is 9.72. The molecule has 3 rings (SSSR count). The molecule has 1 amide bonds. The van der Waals surface area contributed by atoms with Crippen LogP contribution < -0.4 is 10.7 Å². The Bertz CT molecular complexity index is 1130. The zero-order chi connectivity index (χ0) is 24.3. The van der Waals surface area contributed by atoms with Crippen LogP contribution in [0.3, 0.4) is 0 Å². The van der Waals surface area contributed by atoms with Gasteiger partial charge in [0, 0.05) is 39.1 Å². The number of benzene rings is 1. The van der Waals surface area contributed by atoms with Crippen molar-refractivity contribution in [3.05, 3.63) is 62.3 Å². The summed E-state index contributed by atoms with van der Waals surface area (Å²) in [6, 6.07) is 4.36. The zero-order valence-corrected chi connectivity index (χ0v) is 19.4. The first-order chi connectivity index (χ1) is 15.7. The first-order valence-corrected chi connectivity index (χ1v) is 10.8. The van der Waals surface area contributed by atoms with Gasteiger partial charge in [0.1, 0.15) is 17.1 Å². The number of halogens is 2. The van der Waals surface area contributed by atoms with Crippen molar-refractivity contribution in [3.63, 3.8) is 0 Å². The summed E-state index contributed by atoms with van der Waals surface area (Å²) in [6.45, 7) is 2.11. The molecular formula is C23H26ClFN2O6. The molecule has 0 unspecified atom stereocenters. The molecule has 10 heteroatoms. The molecule has 0 fully saturated rings. The van der Waals surface area contributed by atoms with E-state index in [2.05, 4.69) is 5.32 Å². The third kappa shape index (κ3) is 4.66. The third-order valence-electron chi connectivity index (χ3n) is 6.11. The lowest BCUT2D eigenvalue weighted by Crippen LogP contribution is -2.50. The molecule has 0 bridgehead atoms. The second-order valence-corrected chi connectivity index (χ2v) is 8.59. The number of aromatic nitrogens is 1. The van der Waals surface area contributed by atoms with Crippen LogP contribution in [0.5, 0.6) is 5.75 Å². The number of nitrogens with zero attached hydrogens (tertiary/aromatic N) is 1. The van der Waals surface area contributed by atoms with Crippen LogP contribution in [0, 0.1) is 11.2 Å². The van der Waals surface area contributed by atoms with E-state index in [4.69, 9.17) is 21.1 Å². The first-order valence-electron chi connectivity index (χ1n) is 10.4. The molecule has 2 heterocycles. The third-order valence-corrected chi connectivity index (χ3v) is 6.40. The van der Waals surface area contributed by atoms with E-state index in [1.54, 1.807) is 14.0 Å². The Morgan fingerprint density at radius 1 is 1.36 bits per heavy atom. The van der Waals surface area contributed by atoms with Gasteiger partial charge in [-0.3, -0.25) is 14.4 Å². The molecule has 0 spiro atoms. The number of ketones is 1. The number of ether oxygens (including phenoxy) is 2. The van der Waals surface area contributed by atoms with Crippen LogP contribution in [-0.2, 0) is 22.6 Å². The van der Waals surface area contributed by atoms with Crippen LogP contribution in [0.15, 0.2) is 29.2 Å². The first kappa shape index (κ1) is 24.9. The van der Waals surface area contributed by atoms with Crippen molar-refractivity contribution in [2.75, 3.05) is 20.8 Å². The van der Waals surface area contributed by atoms with Gasteiger partial charge in [0.05, 0.1) is 23.1 Å². The summed E-state index contributed by atoms with van der Waals surface area (Å²) < 4.78 is 26.1. The molecule has 2 aromatic rings. The van der Waals surface area contributed by atoms with Gasteiger partial charge in [0.25, 0.3) is 5.91 Å². The molecule has 33 heavy (non-hydrogen) atoms. The molecular weight excluding hydrogens is 455 g/mol. The van der Waals surface area contributed by atoms with Gasteiger partial charge in [0.15, 0.2) is 11.5 Å². The average Bonchev–Trinajstić information content (AvgIpc) is 2.79. The van der Waals surface area contributed by atoms with E-state index in [1.165, 1.54) is 36.1 Å². The van der Waals surface area contributed by atoms with Gasteiger partial charge in [-0.05, 0) is 25.8 Å². The van der Waals surface area contributed by atoms with Crippen LogP contribution in [0.4, 0.5) is 4.39 Å². The molecule has 1 aliphatic heterocycles. The fraction of sp³-hybridized carbons (Fsp3) is 0.435. The van der Waals surface area contributed by atoms with Crippen molar-refractivity contribution >= 4 is 23.3 Å². The van der Waals surface area contributed by atoms with Crippen LogP contribution in [-0.4, -0.2) is 48.3 Å². The van der Waals surface area contributed by atoms with Gasteiger partial charge in [-0.1, -0.05) is 23.7 Å². The minimum atomic E-state index is -0.981. The highest BCUT2D eigenvalue weighted by Gasteiger charge is 2.48. The molecule has 178 valence electrons. The predicted molar refractivity (Wildman–Crippen MR) is 119 cm³/mol. The number of nitrogens with one attached hydrogen (secondary N) is 1. The van der Waals surface area contributed by atoms with E-state index in [0.717, 1.165) is 0 Å². The second-order valence-electron chi connectivity index (χ2n) is 8.18. The Morgan fingerprint density at radius 3 is 2.76 bits per heavy atom. The van der Waals surface area contributed by atoms with Gasteiger partial charge >= 0.3 is 0 Å². The fourth-order valence-corrected chi connectivity index (χ4v) is 4.33. The number of rotatable bonds is 8. The fourth-order valence-electron chi connectivity index (χ4n) is 4.14. The number of hydrogen-bond donors (Lipinski definition) is 2. The number of carbonyl (C=O) groups is 2. The highest BCUT2D eigenvalue weighted by molar-refractivity contribution is 6.30. The Hall–Kier alpha value is -2.75. The SMILES string of the molecule is COCCC[C@@]1(C)C(=O)c2c(O)c(=O)c(C(=O)NCc3cccc(Cl)c3F)cn2C[C@@H]1OC. The van der Waals surface area contributed by atoms with Crippen molar-refractivity contribution in [1.82, 2.24) is 9.88 Å². The molecule has 1 aromatic carbocycles. The van der Waals surface area contributed by atoms with E-state index in [9.17, 15) is 23.9 Å². The summed E-state index contributed by atoms with van der Waals surface area (Å²) >= 11 is 5.75. The lowest BCUT2D eigenvalue weighted by Gasteiger charge is -2.41. The van der Waals surface area contributed by atoms with Crippen molar-refractivity contribution in [2.24, 2.45) is 5.41 Å². The van der Waals surface area contributed by atoms with E-state index in [0.29, 0.717) is 19.4 Å². The van der Waals surface area contributed by atoms with Gasteiger partial charge in [-0.15, -0.1) is 0 Å². The van der Waals surface area contributed by atoms with E-state index >= 15 is 0 Å². The van der Waals surface area contributed by atoms with Gasteiger partial charge in [0.2, 0.25) is 5.43 Å². The minimum absolute atomic E-state index is 0.0917. The van der Waals surface area contributed by atoms with Crippen molar-refractivity contribution in [3.8, 4) is 5.75 Å². The van der Waals surface area contributed by atoms with E-state index < -0.39 is 40.2 Å². The lowest BCUT2D eigenvalue weighted by molar-refractivity contribution is -0.0209. The molecule has 0 aliphatic carbocycles. The minimum Gasteiger partial charge on any atom is -0.503 e. The maximum Gasteiger partial charge on any atom is 0.257 e. The number of methoxy groups -OCH3 is 2. The van der Waals surface area contributed by atoms with Crippen molar-refractivity contribution < 1.29 is 28.6 Å². The molecule has 1 aromatic heterocycles. The van der Waals surface area contributed by atoms with Crippen LogP contribution in [0.2, 0.25) is 5.02 Å². The number of aromatic hydroxyl groups is 1. The van der Waals surface area contributed by atoms with Gasteiger partial charge in [-0.2, -0.15) is 0 Å². The van der Waals surface area contributed by atoms with E-state index in [1.807, 2.05) is 0 Å². The second kappa shape index (κ2) is 10.0. The maximum absolute atomic E-state index is 14.1. The predicted octanol–water partition coefficient (Wildman–Crippen LogP) is 2.92. The number of fused-ring (bicyclic) bond motifs is 1. The average molecular weight is 481 g/mol. The van der Waals surface area contributed by atoms with Crippen molar-refractivity contribution in [2.45, 2.75) is 39.0 Å². The van der Waals surface area contributed by atoms with Crippen LogP contribution >= 0.6 is 11.6 Å². The molecule has 2 atom stereocenters. The smallest absolute Gasteiger partial charge is 0.257 e. The quantitative estimate of drug-likeness (QED) is 0.563. The normalized spacial score (nSPS) is 19.9. The highest BCUT2D eigenvalue weighted by atomic mass is 35.5. The van der Waals surface area contributed by atoms with Gasteiger partial charge in [-0.25, -0.2) is 4.39 Å². The molecule has 1 aliphatic rings. The van der Waals surface area contributed by atoms with Crippen molar-refractivity contribution in [1.29, 1.82) is 0 Å². The standard InChI is InChI=1S/C23H26ClFN2O6/c1-23(8-5-9-32-2)16(33-3)12-27-11-14(19(28)20(29)18(27)21(23)30)22(31)26-10-13-6-4-7-15(24)17(13)25/h4,6-7,11,16,29H,5,8-10,12H2,1-3H3,(H,26,31)/t16-,23+/m0/s1. The number of amides is 1. The zero-order valence-electron chi connectivity index (χ0n) is 18.6. The Kier molecular flexibility index (Phi) is 7.56. The number of carbonyl (C=O) groups excluding carboxylic acids is 2.